The third-order valence-corrected chi connectivity index (χ3v) is 3.93. The SMILES string of the molecule is Cc1cccc2c1-c1noc(C3CC3)c1C(CO)O2. The Balaban J connectivity index is 1.96. The van der Waals surface area contributed by atoms with Crippen molar-refractivity contribution in [3.8, 4) is 17.0 Å². The zero-order chi connectivity index (χ0) is 13.0. The Kier molecular flexibility index (Phi) is 2.23. The molecule has 1 atom stereocenters. The molecule has 1 aromatic heterocycles. The van der Waals surface area contributed by atoms with Crippen molar-refractivity contribution >= 4 is 0 Å². The van der Waals surface area contributed by atoms with Crippen molar-refractivity contribution in [2.75, 3.05) is 6.61 Å². The van der Waals surface area contributed by atoms with Gasteiger partial charge in [0.15, 0.2) is 6.10 Å². The highest BCUT2D eigenvalue weighted by atomic mass is 16.5. The summed E-state index contributed by atoms with van der Waals surface area (Å²) in [5, 5.41) is 13.8. The summed E-state index contributed by atoms with van der Waals surface area (Å²) in [5.41, 5.74) is 3.91. The van der Waals surface area contributed by atoms with Gasteiger partial charge in [0.05, 0.1) is 12.2 Å². The van der Waals surface area contributed by atoms with Gasteiger partial charge in [-0.15, -0.1) is 0 Å². The van der Waals surface area contributed by atoms with Crippen LogP contribution in [0.25, 0.3) is 11.3 Å². The van der Waals surface area contributed by atoms with Crippen molar-refractivity contribution in [2.45, 2.75) is 31.8 Å². The average Bonchev–Trinajstić information content (AvgIpc) is 3.17. The number of aliphatic hydroxyl groups is 1. The van der Waals surface area contributed by atoms with Gasteiger partial charge in [0.1, 0.15) is 17.2 Å². The first-order chi connectivity index (χ1) is 9.29. The van der Waals surface area contributed by atoms with E-state index in [1.807, 2.05) is 25.1 Å². The molecule has 4 rings (SSSR count). The minimum Gasteiger partial charge on any atom is -0.482 e. The van der Waals surface area contributed by atoms with E-state index < -0.39 is 0 Å². The first-order valence-corrected chi connectivity index (χ1v) is 6.66. The van der Waals surface area contributed by atoms with Gasteiger partial charge in [-0.25, -0.2) is 0 Å². The minimum atomic E-state index is -0.355. The zero-order valence-electron chi connectivity index (χ0n) is 10.7. The molecule has 0 radical (unpaired) electrons. The van der Waals surface area contributed by atoms with Gasteiger partial charge in [0.25, 0.3) is 0 Å². The van der Waals surface area contributed by atoms with Crippen molar-refractivity contribution < 1.29 is 14.4 Å². The molecule has 1 aliphatic heterocycles. The van der Waals surface area contributed by atoms with Gasteiger partial charge in [-0.1, -0.05) is 17.3 Å². The number of rotatable bonds is 2. The molecule has 1 fully saturated rings. The zero-order valence-corrected chi connectivity index (χ0v) is 10.7. The largest absolute Gasteiger partial charge is 0.482 e. The molecule has 0 bridgehead atoms. The number of nitrogens with zero attached hydrogens (tertiary/aromatic N) is 1. The van der Waals surface area contributed by atoms with Crippen LogP contribution in [0.3, 0.4) is 0 Å². The van der Waals surface area contributed by atoms with Gasteiger partial charge >= 0.3 is 0 Å². The van der Waals surface area contributed by atoms with Crippen LogP contribution in [0.1, 0.15) is 41.8 Å². The van der Waals surface area contributed by atoms with E-state index >= 15 is 0 Å². The second kappa shape index (κ2) is 3.84. The number of ether oxygens (including phenoxy) is 1. The van der Waals surface area contributed by atoms with E-state index in [1.165, 1.54) is 0 Å². The van der Waals surface area contributed by atoms with Crippen molar-refractivity contribution in [1.82, 2.24) is 5.16 Å². The number of aromatic nitrogens is 1. The van der Waals surface area contributed by atoms with Crippen LogP contribution in [0.4, 0.5) is 0 Å². The van der Waals surface area contributed by atoms with E-state index in [1.54, 1.807) is 0 Å². The lowest BCUT2D eigenvalue weighted by atomic mass is 9.94. The molecule has 4 heteroatoms. The molecule has 1 aromatic carbocycles. The van der Waals surface area contributed by atoms with E-state index in [4.69, 9.17) is 9.26 Å². The van der Waals surface area contributed by atoms with E-state index in [9.17, 15) is 5.11 Å². The first-order valence-electron chi connectivity index (χ1n) is 6.66. The Bertz CT molecular complexity index is 643. The third-order valence-electron chi connectivity index (χ3n) is 3.93. The summed E-state index contributed by atoms with van der Waals surface area (Å²) in [7, 11) is 0. The van der Waals surface area contributed by atoms with Gasteiger partial charge in [0, 0.05) is 11.5 Å². The van der Waals surface area contributed by atoms with Crippen LogP contribution in [0.5, 0.6) is 5.75 Å². The fourth-order valence-electron chi connectivity index (χ4n) is 2.82. The van der Waals surface area contributed by atoms with Crippen LogP contribution in [0.2, 0.25) is 0 Å². The molecule has 2 aromatic rings. The Morgan fingerprint density at radius 3 is 2.95 bits per heavy atom. The third kappa shape index (κ3) is 1.53. The molecule has 1 N–H and O–H groups in total. The second-order valence-electron chi connectivity index (χ2n) is 5.32. The Labute approximate surface area is 111 Å². The standard InChI is InChI=1S/C15H15NO3/c1-8-3-2-4-10-12(8)14-13(11(7-17)18-10)15(19-16-14)9-5-6-9/h2-4,9,11,17H,5-7H2,1H3. The number of aliphatic hydroxyl groups excluding tert-OH is 1. The monoisotopic (exact) mass is 257 g/mol. The number of hydrogen-bond acceptors (Lipinski definition) is 4. The van der Waals surface area contributed by atoms with E-state index in [2.05, 4.69) is 5.16 Å². The fourth-order valence-corrected chi connectivity index (χ4v) is 2.82. The Morgan fingerprint density at radius 2 is 2.21 bits per heavy atom. The smallest absolute Gasteiger partial charge is 0.152 e. The molecular weight excluding hydrogens is 242 g/mol. The second-order valence-corrected chi connectivity index (χ2v) is 5.32. The van der Waals surface area contributed by atoms with E-state index in [-0.39, 0.29) is 12.7 Å². The maximum absolute atomic E-state index is 9.58. The Morgan fingerprint density at radius 1 is 1.37 bits per heavy atom. The van der Waals surface area contributed by atoms with Crippen molar-refractivity contribution in [1.29, 1.82) is 0 Å². The molecule has 0 amide bonds. The lowest BCUT2D eigenvalue weighted by molar-refractivity contribution is 0.113. The highest BCUT2D eigenvalue weighted by Crippen LogP contribution is 2.50. The highest BCUT2D eigenvalue weighted by Gasteiger charge is 2.39. The summed E-state index contributed by atoms with van der Waals surface area (Å²) in [6.07, 6.45) is 1.92. The number of aryl methyl sites for hydroxylation is 1. The molecule has 0 saturated heterocycles. The van der Waals surface area contributed by atoms with Gasteiger partial charge < -0.3 is 14.4 Å². The molecule has 2 aliphatic rings. The summed E-state index contributed by atoms with van der Waals surface area (Å²) in [6.45, 7) is 1.98. The predicted molar refractivity (Wildman–Crippen MR) is 69.1 cm³/mol. The summed E-state index contributed by atoms with van der Waals surface area (Å²) in [5.74, 6) is 2.14. The Hall–Kier alpha value is -1.81. The summed E-state index contributed by atoms with van der Waals surface area (Å²) >= 11 is 0. The molecule has 4 nitrogen and oxygen atoms in total. The number of fused-ring (bicyclic) bond motifs is 3. The molecule has 1 saturated carbocycles. The highest BCUT2D eigenvalue weighted by molar-refractivity contribution is 5.76. The first kappa shape index (κ1) is 11.1. The molecule has 2 heterocycles. The van der Waals surface area contributed by atoms with Crippen molar-refractivity contribution in [3.63, 3.8) is 0 Å². The van der Waals surface area contributed by atoms with E-state index in [0.29, 0.717) is 5.92 Å². The molecule has 0 spiro atoms. The lowest BCUT2D eigenvalue weighted by Gasteiger charge is -2.25. The normalized spacial score (nSPS) is 20.6. The molecule has 1 aliphatic carbocycles. The van der Waals surface area contributed by atoms with Gasteiger partial charge in [-0.2, -0.15) is 0 Å². The maximum atomic E-state index is 9.58. The van der Waals surface area contributed by atoms with Crippen LogP contribution in [0.15, 0.2) is 22.7 Å². The summed E-state index contributed by atoms with van der Waals surface area (Å²) < 4.78 is 11.5. The van der Waals surface area contributed by atoms with Gasteiger partial charge in [0.2, 0.25) is 0 Å². The van der Waals surface area contributed by atoms with Crippen LogP contribution in [0, 0.1) is 6.92 Å². The molecular formula is C15H15NO3. The summed E-state index contributed by atoms with van der Waals surface area (Å²) in [6, 6.07) is 5.91. The fraction of sp³-hybridized carbons (Fsp3) is 0.400. The van der Waals surface area contributed by atoms with Crippen LogP contribution in [-0.4, -0.2) is 16.9 Å². The minimum absolute atomic E-state index is 0.0543. The maximum Gasteiger partial charge on any atom is 0.152 e. The predicted octanol–water partition coefficient (Wildman–Crippen LogP) is 2.95. The van der Waals surface area contributed by atoms with Crippen LogP contribution < -0.4 is 4.74 Å². The van der Waals surface area contributed by atoms with Gasteiger partial charge in [-0.3, -0.25) is 0 Å². The molecule has 1 unspecified atom stereocenters. The van der Waals surface area contributed by atoms with E-state index in [0.717, 1.165) is 46.7 Å². The molecule has 98 valence electrons. The van der Waals surface area contributed by atoms with Crippen molar-refractivity contribution in [2.24, 2.45) is 0 Å². The quantitative estimate of drug-likeness (QED) is 0.898. The van der Waals surface area contributed by atoms with Crippen LogP contribution >= 0.6 is 0 Å². The van der Waals surface area contributed by atoms with Crippen molar-refractivity contribution in [3.05, 3.63) is 35.1 Å². The topological polar surface area (TPSA) is 55.5 Å². The number of benzene rings is 1. The summed E-state index contributed by atoms with van der Waals surface area (Å²) in [4.78, 5) is 0. The number of hydrogen-bond donors (Lipinski definition) is 1. The average molecular weight is 257 g/mol. The van der Waals surface area contributed by atoms with Gasteiger partial charge in [-0.05, 0) is 31.4 Å². The lowest BCUT2D eigenvalue weighted by Crippen LogP contribution is -2.18. The molecule has 19 heavy (non-hydrogen) atoms. The van der Waals surface area contributed by atoms with Crippen LogP contribution in [-0.2, 0) is 0 Å².